The third kappa shape index (κ3) is 17.9. The molecule has 4 atom stereocenters. The first-order chi connectivity index (χ1) is 18.2. The summed E-state index contributed by atoms with van der Waals surface area (Å²) in [5.74, 6) is -6.99. The molecule has 0 aliphatic carbocycles. The highest BCUT2D eigenvalue weighted by atomic mass is 31.2. The molecule has 18 heteroatoms. The molecule has 39 heavy (non-hydrogen) atoms. The summed E-state index contributed by atoms with van der Waals surface area (Å²) in [4.78, 5) is 78.4. The van der Waals surface area contributed by atoms with E-state index in [4.69, 9.17) is 20.5 Å². The fourth-order valence-electron chi connectivity index (χ4n) is 3.15. The second-order valence-electron chi connectivity index (χ2n) is 8.50. The zero-order chi connectivity index (χ0) is 30.0. The number of aliphatic carboxylic acids is 4. The smallest absolute Gasteiger partial charge is 0.403 e. The highest BCUT2D eigenvalue weighted by Crippen LogP contribution is 2.38. The lowest BCUT2D eigenvalue weighted by atomic mass is 10.1. The number of unbranched alkanes of at least 4 members (excludes halogenated alkanes) is 2. The van der Waals surface area contributed by atoms with Crippen molar-refractivity contribution >= 4 is 43.4 Å². The summed E-state index contributed by atoms with van der Waals surface area (Å²) in [5.41, 5.74) is 5.36. The standard InChI is InChI=1S/C21H37N4O13P/c22-11-3-1-2-6-16(26)24-14(20(32)33)7-9-17(27)23-13(19(30)31)5-4-12-38-39(36,37)25-15(21(34)35)8-10-18(28)29/h13-15H,1-12,22H2,(H,23,27)(H,24,26)(H,28,29)(H,30,31)(H,32,33)(H,34,35)(H2,25,36,37)/t13-,14-,15-/m0/s1. The molecule has 0 spiro atoms. The Balaban J connectivity index is 4.66. The molecule has 0 aromatic carbocycles. The van der Waals surface area contributed by atoms with E-state index < -0.39 is 87.4 Å². The fourth-order valence-corrected chi connectivity index (χ4v) is 4.24. The second-order valence-corrected chi connectivity index (χ2v) is 10.1. The average Bonchev–Trinajstić information content (AvgIpc) is 2.83. The molecule has 1 unspecified atom stereocenters. The minimum absolute atomic E-state index is 0.0920. The van der Waals surface area contributed by atoms with E-state index in [-0.39, 0.29) is 25.7 Å². The Morgan fingerprint density at radius 1 is 0.692 bits per heavy atom. The lowest BCUT2D eigenvalue weighted by Crippen LogP contribution is -2.44. The van der Waals surface area contributed by atoms with Crippen molar-refractivity contribution in [3.8, 4) is 0 Å². The van der Waals surface area contributed by atoms with Crippen molar-refractivity contribution in [2.75, 3.05) is 13.2 Å². The molecule has 0 radical (unpaired) electrons. The number of amides is 2. The molecule has 0 rings (SSSR count). The van der Waals surface area contributed by atoms with Gasteiger partial charge in [0.05, 0.1) is 6.61 Å². The van der Waals surface area contributed by atoms with Crippen molar-refractivity contribution in [1.29, 1.82) is 0 Å². The van der Waals surface area contributed by atoms with Crippen LogP contribution in [-0.4, -0.2) is 92.3 Å². The quantitative estimate of drug-likeness (QED) is 0.0526. The monoisotopic (exact) mass is 584 g/mol. The molecule has 2 amide bonds. The number of rotatable bonds is 23. The number of hydrogen-bond donors (Lipinski definition) is 9. The van der Waals surface area contributed by atoms with Crippen LogP contribution in [0.15, 0.2) is 0 Å². The summed E-state index contributed by atoms with van der Waals surface area (Å²) in [6.45, 7) is -0.0359. The van der Waals surface area contributed by atoms with E-state index >= 15 is 0 Å². The number of nitrogens with one attached hydrogen (secondary N) is 3. The predicted molar refractivity (Wildman–Crippen MR) is 132 cm³/mol. The largest absolute Gasteiger partial charge is 0.481 e. The first-order valence-corrected chi connectivity index (χ1v) is 13.7. The van der Waals surface area contributed by atoms with Crippen molar-refractivity contribution in [3.63, 3.8) is 0 Å². The number of hydrogen-bond acceptors (Lipinski definition) is 9. The number of nitrogens with two attached hydrogens (primary N) is 1. The van der Waals surface area contributed by atoms with E-state index in [9.17, 15) is 48.4 Å². The van der Waals surface area contributed by atoms with Gasteiger partial charge in [0.25, 0.3) is 0 Å². The maximum Gasteiger partial charge on any atom is 0.403 e. The van der Waals surface area contributed by atoms with Crippen LogP contribution in [0, 0.1) is 0 Å². The van der Waals surface area contributed by atoms with Crippen LogP contribution in [-0.2, 0) is 37.9 Å². The Morgan fingerprint density at radius 2 is 1.21 bits per heavy atom. The molecule has 17 nitrogen and oxygen atoms in total. The third-order valence-electron chi connectivity index (χ3n) is 5.20. The lowest BCUT2D eigenvalue weighted by molar-refractivity contribution is -0.143. The molecule has 0 aliphatic heterocycles. The van der Waals surface area contributed by atoms with Gasteiger partial charge in [-0.2, -0.15) is 0 Å². The maximum absolute atomic E-state index is 12.2. The molecule has 0 fully saturated rings. The van der Waals surface area contributed by atoms with Crippen LogP contribution in [0.2, 0.25) is 0 Å². The Bertz CT molecular complexity index is 901. The van der Waals surface area contributed by atoms with Crippen molar-refractivity contribution < 1.29 is 63.2 Å². The Kier molecular flexibility index (Phi) is 17.5. The van der Waals surface area contributed by atoms with Crippen LogP contribution in [0.3, 0.4) is 0 Å². The molecular weight excluding hydrogens is 547 g/mol. The van der Waals surface area contributed by atoms with Gasteiger partial charge in [0, 0.05) is 19.3 Å². The summed E-state index contributed by atoms with van der Waals surface area (Å²) in [5, 5.41) is 42.6. The van der Waals surface area contributed by atoms with E-state index in [0.717, 1.165) is 6.42 Å². The summed E-state index contributed by atoms with van der Waals surface area (Å²) in [7, 11) is -4.68. The van der Waals surface area contributed by atoms with Crippen LogP contribution in [0.4, 0.5) is 0 Å². The van der Waals surface area contributed by atoms with Crippen LogP contribution >= 0.6 is 7.75 Å². The number of carbonyl (C=O) groups excluding carboxylic acids is 2. The van der Waals surface area contributed by atoms with E-state index in [1.54, 1.807) is 0 Å². The number of carbonyl (C=O) groups is 6. The van der Waals surface area contributed by atoms with Gasteiger partial charge in [0.1, 0.15) is 18.1 Å². The van der Waals surface area contributed by atoms with Gasteiger partial charge in [-0.3, -0.25) is 23.7 Å². The molecule has 224 valence electrons. The topological polar surface area (TPSA) is 292 Å². The van der Waals surface area contributed by atoms with E-state index in [0.29, 0.717) is 19.4 Å². The Hall–Kier alpha value is -3.11. The SMILES string of the molecule is NCCCCCC(=O)N[C@@H](CCC(=O)N[C@@H](CCCOP(=O)(O)N[C@@H](CCC(=O)O)C(=O)O)C(=O)O)C(=O)O. The number of carboxylic acid groups (broad SMARTS) is 4. The minimum atomic E-state index is -4.68. The highest BCUT2D eigenvalue weighted by Gasteiger charge is 2.30. The Labute approximate surface area is 224 Å². The normalized spacial score (nSPS) is 14.8. The zero-order valence-corrected chi connectivity index (χ0v) is 22.1. The molecule has 0 bridgehead atoms. The van der Waals surface area contributed by atoms with E-state index in [2.05, 4.69) is 10.6 Å². The third-order valence-corrected chi connectivity index (χ3v) is 6.37. The second kappa shape index (κ2) is 19.0. The summed E-state index contributed by atoms with van der Waals surface area (Å²) >= 11 is 0. The summed E-state index contributed by atoms with van der Waals surface area (Å²) < 4.78 is 16.7. The van der Waals surface area contributed by atoms with Crippen LogP contribution in [0.25, 0.3) is 0 Å². The van der Waals surface area contributed by atoms with Crippen molar-refractivity contribution in [1.82, 2.24) is 15.7 Å². The van der Waals surface area contributed by atoms with E-state index in [1.165, 1.54) is 0 Å². The van der Waals surface area contributed by atoms with Gasteiger partial charge in [-0.05, 0) is 45.1 Å². The highest BCUT2D eigenvalue weighted by molar-refractivity contribution is 7.50. The first kappa shape index (κ1) is 35.9. The molecule has 0 heterocycles. The van der Waals surface area contributed by atoms with Crippen molar-refractivity contribution in [2.45, 2.75) is 82.3 Å². The molecule has 0 saturated carbocycles. The predicted octanol–water partition coefficient (Wildman–Crippen LogP) is -0.771. The van der Waals surface area contributed by atoms with Gasteiger partial charge in [-0.1, -0.05) is 6.42 Å². The van der Waals surface area contributed by atoms with Gasteiger partial charge in [0.15, 0.2) is 0 Å². The first-order valence-electron chi connectivity index (χ1n) is 12.1. The van der Waals surface area contributed by atoms with Gasteiger partial charge in [-0.15, -0.1) is 0 Å². The molecule has 0 aromatic rings. The molecule has 10 N–H and O–H groups in total. The van der Waals surface area contributed by atoms with Gasteiger partial charge < -0.3 is 41.7 Å². The Morgan fingerprint density at radius 3 is 1.72 bits per heavy atom. The molecule has 0 saturated heterocycles. The van der Waals surface area contributed by atoms with Crippen LogP contribution in [0.5, 0.6) is 0 Å². The van der Waals surface area contributed by atoms with Gasteiger partial charge in [-0.25, -0.2) is 19.2 Å². The fraction of sp³-hybridized carbons (Fsp3) is 0.714. The minimum Gasteiger partial charge on any atom is -0.481 e. The zero-order valence-electron chi connectivity index (χ0n) is 21.2. The maximum atomic E-state index is 12.2. The van der Waals surface area contributed by atoms with Crippen molar-refractivity contribution in [3.05, 3.63) is 0 Å². The van der Waals surface area contributed by atoms with Crippen molar-refractivity contribution in [2.24, 2.45) is 5.73 Å². The van der Waals surface area contributed by atoms with Gasteiger partial charge >= 0.3 is 31.6 Å². The average molecular weight is 585 g/mol. The van der Waals surface area contributed by atoms with Gasteiger partial charge in [0.2, 0.25) is 11.8 Å². The molecule has 0 aliphatic rings. The summed E-state index contributed by atoms with van der Waals surface area (Å²) in [6, 6.07) is -4.49. The van der Waals surface area contributed by atoms with Crippen LogP contribution in [0.1, 0.15) is 64.2 Å². The lowest BCUT2D eigenvalue weighted by Gasteiger charge is -2.19. The van der Waals surface area contributed by atoms with E-state index in [1.807, 2.05) is 5.09 Å². The molecule has 0 aromatic heterocycles. The summed E-state index contributed by atoms with van der Waals surface area (Å²) in [6.07, 6.45) is -0.160. The number of carboxylic acids is 4. The molecular formula is C21H37N4O13P. The van der Waals surface area contributed by atoms with Crippen LogP contribution < -0.4 is 21.5 Å².